The number of amides is 2. The molecule has 0 aromatic carbocycles. The predicted molar refractivity (Wildman–Crippen MR) is 111 cm³/mol. The molecule has 2 unspecified atom stereocenters. The molecule has 0 saturated heterocycles. The Balaban J connectivity index is 1.19. The van der Waals surface area contributed by atoms with E-state index in [-0.39, 0.29) is 23.3 Å². The molecule has 2 amide bonds. The summed E-state index contributed by atoms with van der Waals surface area (Å²) < 4.78 is 3.63. The molecule has 2 atom stereocenters. The van der Waals surface area contributed by atoms with Gasteiger partial charge in [0.25, 0.3) is 11.8 Å². The van der Waals surface area contributed by atoms with Gasteiger partial charge in [-0.15, -0.1) is 0 Å². The van der Waals surface area contributed by atoms with Crippen molar-refractivity contribution in [1.29, 1.82) is 0 Å². The fraction of sp³-hybridized carbons (Fsp3) is 0.455. The number of aryl methyl sites for hydroxylation is 1. The summed E-state index contributed by atoms with van der Waals surface area (Å²) in [6.45, 7) is 5.79. The summed E-state index contributed by atoms with van der Waals surface area (Å²) in [7, 11) is 0. The molecule has 0 radical (unpaired) electrons. The standard InChI is InChI=1S/C22H26N6O2/c1-22(2)14(12-23-20(29)16-13-25-28-10-4-6-17(16)28)11-19(22)26-21(30)15-5-3-9-27-18(15)7-8-24-27/h3,5,7-9,13-14,19H,4,6,10-12H2,1-2H3,(H,23,29)(H,26,30). The number of nitrogens with one attached hydrogen (secondary N) is 2. The first kappa shape index (κ1) is 18.8. The van der Waals surface area contributed by atoms with Gasteiger partial charge >= 0.3 is 0 Å². The molecule has 8 nitrogen and oxygen atoms in total. The van der Waals surface area contributed by atoms with Crippen LogP contribution in [0.25, 0.3) is 5.52 Å². The second kappa shape index (κ2) is 6.97. The highest BCUT2D eigenvalue weighted by atomic mass is 16.2. The predicted octanol–water partition coefficient (Wildman–Crippen LogP) is 2.05. The lowest BCUT2D eigenvalue weighted by atomic mass is 9.58. The van der Waals surface area contributed by atoms with Crippen molar-refractivity contribution < 1.29 is 9.59 Å². The average Bonchev–Trinajstić information content (AvgIpc) is 3.45. The number of nitrogens with zero attached hydrogens (tertiary/aromatic N) is 4. The number of hydrogen-bond acceptors (Lipinski definition) is 4. The monoisotopic (exact) mass is 406 g/mol. The molecule has 1 saturated carbocycles. The number of pyridine rings is 1. The van der Waals surface area contributed by atoms with Gasteiger partial charge in [-0.25, -0.2) is 4.52 Å². The number of carbonyl (C=O) groups excluding carboxylic acids is 2. The zero-order valence-corrected chi connectivity index (χ0v) is 17.3. The molecule has 3 aromatic rings. The van der Waals surface area contributed by atoms with Gasteiger partial charge in [0, 0.05) is 25.3 Å². The minimum absolute atomic E-state index is 0.0474. The molecule has 1 fully saturated rings. The quantitative estimate of drug-likeness (QED) is 0.678. The maximum absolute atomic E-state index is 12.9. The zero-order chi connectivity index (χ0) is 20.9. The summed E-state index contributed by atoms with van der Waals surface area (Å²) >= 11 is 0. The minimum Gasteiger partial charge on any atom is -0.352 e. The second-order valence-electron chi connectivity index (χ2n) is 8.90. The Morgan fingerprint density at radius 2 is 2.07 bits per heavy atom. The van der Waals surface area contributed by atoms with Crippen LogP contribution in [0.1, 0.15) is 53.1 Å². The fourth-order valence-electron chi connectivity index (χ4n) is 4.75. The molecule has 30 heavy (non-hydrogen) atoms. The normalized spacial score (nSPS) is 21.8. The largest absolute Gasteiger partial charge is 0.352 e. The third kappa shape index (κ3) is 2.98. The van der Waals surface area contributed by atoms with E-state index >= 15 is 0 Å². The maximum atomic E-state index is 12.9. The van der Waals surface area contributed by atoms with E-state index in [2.05, 4.69) is 34.7 Å². The molecule has 2 aliphatic rings. The first-order valence-corrected chi connectivity index (χ1v) is 10.5. The van der Waals surface area contributed by atoms with Crippen molar-refractivity contribution in [2.45, 2.75) is 45.7 Å². The molecular weight excluding hydrogens is 380 g/mol. The first-order valence-electron chi connectivity index (χ1n) is 10.5. The van der Waals surface area contributed by atoms with Crippen LogP contribution < -0.4 is 10.6 Å². The van der Waals surface area contributed by atoms with Crippen molar-refractivity contribution in [3.05, 3.63) is 53.6 Å². The summed E-state index contributed by atoms with van der Waals surface area (Å²) in [6, 6.07) is 5.55. The molecule has 3 aromatic heterocycles. The van der Waals surface area contributed by atoms with Gasteiger partial charge in [-0.05, 0) is 48.8 Å². The Morgan fingerprint density at radius 1 is 1.20 bits per heavy atom. The Morgan fingerprint density at radius 3 is 2.90 bits per heavy atom. The van der Waals surface area contributed by atoms with E-state index in [4.69, 9.17) is 0 Å². The van der Waals surface area contributed by atoms with Crippen molar-refractivity contribution >= 4 is 17.3 Å². The third-order valence-electron chi connectivity index (χ3n) is 6.94. The Kier molecular flexibility index (Phi) is 4.38. The third-order valence-corrected chi connectivity index (χ3v) is 6.94. The van der Waals surface area contributed by atoms with Crippen LogP contribution in [0, 0.1) is 11.3 Å². The van der Waals surface area contributed by atoms with E-state index in [1.54, 1.807) is 16.9 Å². The highest BCUT2D eigenvalue weighted by Gasteiger charge is 2.48. The van der Waals surface area contributed by atoms with Crippen LogP contribution in [-0.4, -0.2) is 43.8 Å². The highest BCUT2D eigenvalue weighted by Crippen LogP contribution is 2.46. The molecule has 2 N–H and O–H groups in total. The fourth-order valence-corrected chi connectivity index (χ4v) is 4.75. The van der Waals surface area contributed by atoms with Crippen LogP contribution in [0.5, 0.6) is 0 Å². The Hall–Kier alpha value is -3.16. The molecular formula is C22H26N6O2. The lowest BCUT2D eigenvalue weighted by Crippen LogP contribution is -2.60. The second-order valence-corrected chi connectivity index (χ2v) is 8.90. The van der Waals surface area contributed by atoms with E-state index in [0.717, 1.165) is 37.0 Å². The van der Waals surface area contributed by atoms with Crippen LogP contribution in [0.2, 0.25) is 0 Å². The van der Waals surface area contributed by atoms with Crippen molar-refractivity contribution in [3.63, 3.8) is 0 Å². The van der Waals surface area contributed by atoms with Crippen molar-refractivity contribution in [2.24, 2.45) is 11.3 Å². The van der Waals surface area contributed by atoms with Gasteiger partial charge < -0.3 is 10.6 Å². The van der Waals surface area contributed by atoms with Crippen LogP contribution in [0.3, 0.4) is 0 Å². The number of carbonyl (C=O) groups is 2. The Labute approximate surface area is 174 Å². The van der Waals surface area contributed by atoms with Crippen molar-refractivity contribution in [2.75, 3.05) is 6.54 Å². The summed E-state index contributed by atoms with van der Waals surface area (Å²) in [6.07, 6.45) is 8.00. The van der Waals surface area contributed by atoms with Gasteiger partial charge in [0.05, 0.1) is 34.7 Å². The lowest BCUT2D eigenvalue weighted by Gasteiger charge is -2.52. The van der Waals surface area contributed by atoms with Crippen LogP contribution >= 0.6 is 0 Å². The van der Waals surface area contributed by atoms with Gasteiger partial charge in [-0.1, -0.05) is 13.8 Å². The maximum Gasteiger partial charge on any atom is 0.254 e. The minimum atomic E-state index is -0.102. The molecule has 156 valence electrons. The first-order chi connectivity index (χ1) is 14.4. The van der Waals surface area contributed by atoms with E-state index in [1.807, 2.05) is 29.1 Å². The smallest absolute Gasteiger partial charge is 0.254 e. The van der Waals surface area contributed by atoms with Gasteiger partial charge in [-0.2, -0.15) is 10.2 Å². The van der Waals surface area contributed by atoms with Gasteiger partial charge in [0.2, 0.25) is 0 Å². The summed E-state index contributed by atoms with van der Waals surface area (Å²) in [4.78, 5) is 25.5. The van der Waals surface area contributed by atoms with Crippen LogP contribution in [-0.2, 0) is 13.0 Å². The summed E-state index contributed by atoms with van der Waals surface area (Å²) in [5.41, 5.74) is 3.06. The molecule has 1 aliphatic carbocycles. The van der Waals surface area contributed by atoms with E-state index in [1.165, 1.54) is 0 Å². The van der Waals surface area contributed by atoms with Gasteiger partial charge in [0.15, 0.2) is 0 Å². The van der Waals surface area contributed by atoms with Crippen molar-refractivity contribution in [3.8, 4) is 0 Å². The molecule has 0 spiro atoms. The Bertz CT molecular complexity index is 1130. The molecule has 4 heterocycles. The van der Waals surface area contributed by atoms with Crippen molar-refractivity contribution in [1.82, 2.24) is 30.0 Å². The SMILES string of the molecule is CC1(C)C(CNC(=O)c2cnn3c2CCC3)CC1NC(=O)c1cccn2nccc12. The summed E-state index contributed by atoms with van der Waals surface area (Å²) in [5, 5.41) is 14.8. The molecule has 0 bridgehead atoms. The zero-order valence-electron chi connectivity index (χ0n) is 17.3. The highest BCUT2D eigenvalue weighted by molar-refractivity contribution is 6.01. The number of rotatable bonds is 5. The number of aromatic nitrogens is 4. The van der Waals surface area contributed by atoms with Crippen LogP contribution in [0.4, 0.5) is 0 Å². The van der Waals surface area contributed by atoms with E-state index in [9.17, 15) is 9.59 Å². The van der Waals surface area contributed by atoms with Crippen LogP contribution in [0.15, 0.2) is 36.8 Å². The van der Waals surface area contributed by atoms with Gasteiger partial charge in [-0.3, -0.25) is 14.3 Å². The van der Waals surface area contributed by atoms with E-state index < -0.39 is 0 Å². The lowest BCUT2D eigenvalue weighted by molar-refractivity contribution is 0.0150. The molecule has 1 aliphatic heterocycles. The molecule has 8 heteroatoms. The summed E-state index contributed by atoms with van der Waals surface area (Å²) in [5.74, 6) is 0.173. The topological polar surface area (TPSA) is 93.3 Å². The van der Waals surface area contributed by atoms with E-state index in [0.29, 0.717) is 23.6 Å². The average molecular weight is 406 g/mol. The number of fused-ring (bicyclic) bond motifs is 2. The number of hydrogen-bond donors (Lipinski definition) is 2. The molecule has 5 rings (SSSR count). The van der Waals surface area contributed by atoms with Gasteiger partial charge in [0.1, 0.15) is 0 Å².